The molecule has 17 heavy (non-hydrogen) atoms. The lowest BCUT2D eigenvalue weighted by Gasteiger charge is -2.14. The molecule has 1 unspecified atom stereocenters. The smallest absolute Gasteiger partial charge is 0.123 e. The number of halogens is 1. The van der Waals surface area contributed by atoms with Gasteiger partial charge in [0.25, 0.3) is 0 Å². The van der Waals surface area contributed by atoms with Gasteiger partial charge in [-0.2, -0.15) is 0 Å². The molecule has 1 heterocycles. The number of rotatable bonds is 1. The van der Waals surface area contributed by atoms with Crippen LogP contribution in [0.25, 0.3) is 10.6 Å². The van der Waals surface area contributed by atoms with Gasteiger partial charge in [-0.25, -0.2) is 9.37 Å². The zero-order valence-corrected chi connectivity index (χ0v) is 10.0. The van der Waals surface area contributed by atoms with Crippen LogP contribution in [-0.4, -0.2) is 16.2 Å². The highest BCUT2D eigenvalue weighted by molar-refractivity contribution is 7.15. The maximum atomic E-state index is 13.1. The number of hydrogen-bond donors (Lipinski definition) is 1. The van der Waals surface area contributed by atoms with E-state index in [4.69, 9.17) is 0 Å². The van der Waals surface area contributed by atoms with Gasteiger partial charge in [-0.15, -0.1) is 11.3 Å². The molecule has 0 saturated carbocycles. The van der Waals surface area contributed by atoms with Crippen LogP contribution in [0.2, 0.25) is 0 Å². The van der Waals surface area contributed by atoms with E-state index in [0.717, 1.165) is 34.0 Å². The highest BCUT2D eigenvalue weighted by atomic mass is 32.1. The first-order valence-electron chi connectivity index (χ1n) is 5.65. The average Bonchev–Trinajstić information content (AvgIpc) is 2.72. The molecule has 0 bridgehead atoms. The summed E-state index contributed by atoms with van der Waals surface area (Å²) in [6.07, 6.45) is 2.03. The summed E-state index contributed by atoms with van der Waals surface area (Å²) in [7, 11) is 0. The number of aliphatic hydroxyl groups is 1. The summed E-state index contributed by atoms with van der Waals surface area (Å²) in [5.74, 6) is -0.240. The molecular weight excluding hydrogens is 237 g/mol. The van der Waals surface area contributed by atoms with Gasteiger partial charge in [-0.1, -0.05) is 12.1 Å². The Kier molecular flexibility index (Phi) is 2.68. The molecule has 0 aliphatic heterocycles. The Morgan fingerprint density at radius 2 is 2.29 bits per heavy atom. The summed E-state index contributed by atoms with van der Waals surface area (Å²) < 4.78 is 13.1. The summed E-state index contributed by atoms with van der Waals surface area (Å²) >= 11 is 1.56. The first-order valence-corrected chi connectivity index (χ1v) is 6.46. The molecule has 0 fully saturated rings. The van der Waals surface area contributed by atoms with Crippen LogP contribution in [0.5, 0.6) is 0 Å². The highest BCUT2D eigenvalue weighted by Gasteiger charge is 2.21. The van der Waals surface area contributed by atoms with E-state index < -0.39 is 0 Å². The van der Waals surface area contributed by atoms with Gasteiger partial charge in [0.15, 0.2) is 0 Å². The first kappa shape index (κ1) is 10.9. The number of fused-ring (bicyclic) bond motifs is 1. The van der Waals surface area contributed by atoms with E-state index in [-0.39, 0.29) is 11.9 Å². The standard InChI is InChI=1S/C13H12FNOS/c14-9-3-1-2-8(6-9)13-15-11-5-4-10(16)7-12(11)17-13/h1-3,6,10,16H,4-5,7H2. The minimum Gasteiger partial charge on any atom is -0.393 e. The fourth-order valence-electron chi connectivity index (χ4n) is 2.10. The second-order valence-electron chi connectivity index (χ2n) is 4.30. The largest absolute Gasteiger partial charge is 0.393 e. The maximum absolute atomic E-state index is 13.1. The second kappa shape index (κ2) is 4.20. The van der Waals surface area contributed by atoms with E-state index in [1.165, 1.54) is 12.1 Å². The monoisotopic (exact) mass is 249 g/mol. The van der Waals surface area contributed by atoms with Crippen LogP contribution < -0.4 is 0 Å². The van der Waals surface area contributed by atoms with Gasteiger partial charge in [-0.05, 0) is 25.0 Å². The number of hydrogen-bond acceptors (Lipinski definition) is 3. The van der Waals surface area contributed by atoms with E-state index in [1.807, 2.05) is 6.07 Å². The molecule has 2 aromatic rings. The number of benzene rings is 1. The fraction of sp³-hybridized carbons (Fsp3) is 0.308. The zero-order valence-electron chi connectivity index (χ0n) is 9.19. The van der Waals surface area contributed by atoms with Crippen molar-refractivity contribution in [3.63, 3.8) is 0 Å². The Morgan fingerprint density at radius 3 is 3.12 bits per heavy atom. The number of aliphatic hydroxyl groups excluding tert-OH is 1. The molecule has 1 aromatic carbocycles. The summed E-state index contributed by atoms with van der Waals surface area (Å²) in [5, 5.41) is 10.4. The average molecular weight is 249 g/mol. The van der Waals surface area contributed by atoms with Crippen LogP contribution in [0.1, 0.15) is 17.0 Å². The molecule has 0 radical (unpaired) electrons. The third-order valence-corrected chi connectivity index (χ3v) is 4.15. The van der Waals surface area contributed by atoms with E-state index >= 15 is 0 Å². The van der Waals surface area contributed by atoms with Crippen LogP contribution in [-0.2, 0) is 12.8 Å². The molecular formula is C13H12FNOS. The van der Waals surface area contributed by atoms with Crippen LogP contribution in [0.3, 0.4) is 0 Å². The predicted molar refractivity (Wildman–Crippen MR) is 65.5 cm³/mol. The number of thiazole rings is 1. The topological polar surface area (TPSA) is 33.1 Å². The van der Waals surface area contributed by atoms with Crippen LogP contribution in [0.4, 0.5) is 4.39 Å². The first-order chi connectivity index (χ1) is 8.22. The van der Waals surface area contributed by atoms with Crippen LogP contribution in [0, 0.1) is 5.82 Å². The van der Waals surface area contributed by atoms with E-state index in [0.29, 0.717) is 6.42 Å². The lowest BCUT2D eigenvalue weighted by molar-refractivity contribution is 0.159. The lowest BCUT2D eigenvalue weighted by atomic mass is 10.0. The van der Waals surface area contributed by atoms with Crippen molar-refractivity contribution < 1.29 is 9.50 Å². The molecule has 4 heteroatoms. The van der Waals surface area contributed by atoms with Crippen molar-refractivity contribution in [3.8, 4) is 10.6 Å². The SMILES string of the molecule is OC1CCc2nc(-c3cccc(F)c3)sc2C1. The molecule has 1 aromatic heterocycles. The third kappa shape index (κ3) is 2.10. The molecule has 1 N–H and O–H groups in total. The van der Waals surface area contributed by atoms with Gasteiger partial charge in [0.05, 0.1) is 11.8 Å². The number of nitrogens with zero attached hydrogens (tertiary/aromatic N) is 1. The summed E-state index contributed by atoms with van der Waals surface area (Å²) in [5.41, 5.74) is 1.89. The molecule has 1 aliphatic rings. The molecule has 1 aliphatic carbocycles. The summed E-state index contributed by atoms with van der Waals surface area (Å²) in [6.45, 7) is 0. The Hall–Kier alpha value is -1.26. The molecule has 88 valence electrons. The molecule has 0 spiro atoms. The molecule has 1 atom stereocenters. The minimum atomic E-state index is -0.247. The minimum absolute atomic E-state index is 0.240. The van der Waals surface area contributed by atoms with Gasteiger partial charge in [-0.3, -0.25) is 0 Å². The fourth-order valence-corrected chi connectivity index (χ4v) is 3.28. The quantitative estimate of drug-likeness (QED) is 0.843. The summed E-state index contributed by atoms with van der Waals surface area (Å²) in [4.78, 5) is 5.68. The van der Waals surface area contributed by atoms with Crippen molar-refractivity contribution in [1.82, 2.24) is 4.98 Å². The van der Waals surface area contributed by atoms with Gasteiger partial charge >= 0.3 is 0 Å². The predicted octanol–water partition coefficient (Wildman–Crippen LogP) is 2.80. The summed E-state index contributed by atoms with van der Waals surface area (Å²) in [6, 6.07) is 6.49. The number of aryl methyl sites for hydroxylation is 1. The van der Waals surface area contributed by atoms with Crippen molar-refractivity contribution in [3.05, 3.63) is 40.7 Å². The third-order valence-electron chi connectivity index (χ3n) is 2.99. The van der Waals surface area contributed by atoms with Crippen molar-refractivity contribution in [1.29, 1.82) is 0 Å². The van der Waals surface area contributed by atoms with E-state index in [1.54, 1.807) is 17.4 Å². The van der Waals surface area contributed by atoms with Crippen LogP contribution in [0.15, 0.2) is 24.3 Å². The Labute approximate surface area is 103 Å². The Morgan fingerprint density at radius 1 is 1.41 bits per heavy atom. The second-order valence-corrected chi connectivity index (χ2v) is 5.38. The van der Waals surface area contributed by atoms with Gasteiger partial charge in [0.2, 0.25) is 0 Å². The van der Waals surface area contributed by atoms with E-state index in [2.05, 4.69) is 4.98 Å². The maximum Gasteiger partial charge on any atom is 0.123 e. The molecule has 2 nitrogen and oxygen atoms in total. The lowest BCUT2D eigenvalue weighted by Crippen LogP contribution is -2.17. The van der Waals surface area contributed by atoms with Gasteiger partial charge in [0, 0.05) is 16.9 Å². The van der Waals surface area contributed by atoms with Gasteiger partial charge < -0.3 is 5.11 Å². The van der Waals surface area contributed by atoms with Crippen LogP contribution >= 0.6 is 11.3 Å². The van der Waals surface area contributed by atoms with Gasteiger partial charge in [0.1, 0.15) is 10.8 Å². The highest BCUT2D eigenvalue weighted by Crippen LogP contribution is 2.32. The molecule has 0 saturated heterocycles. The van der Waals surface area contributed by atoms with Crippen molar-refractivity contribution in [2.75, 3.05) is 0 Å². The van der Waals surface area contributed by atoms with Crippen molar-refractivity contribution in [2.24, 2.45) is 0 Å². The molecule has 3 rings (SSSR count). The zero-order chi connectivity index (χ0) is 11.8. The normalized spacial score (nSPS) is 19.1. The van der Waals surface area contributed by atoms with Crippen molar-refractivity contribution in [2.45, 2.75) is 25.4 Å². The van der Waals surface area contributed by atoms with E-state index in [9.17, 15) is 9.50 Å². The number of aromatic nitrogens is 1. The Bertz CT molecular complexity index is 552. The Balaban J connectivity index is 2.00. The molecule has 0 amide bonds. The van der Waals surface area contributed by atoms with Crippen molar-refractivity contribution >= 4 is 11.3 Å².